The maximum atomic E-state index is 4.70. The van der Waals surface area contributed by atoms with Gasteiger partial charge in [0.25, 0.3) is 0 Å². The molecule has 25 heavy (non-hydrogen) atoms. The molecule has 2 aromatic carbocycles. The van der Waals surface area contributed by atoms with Crippen molar-refractivity contribution < 1.29 is 0 Å². The molecule has 0 amide bonds. The van der Waals surface area contributed by atoms with E-state index >= 15 is 0 Å². The summed E-state index contributed by atoms with van der Waals surface area (Å²) in [4.78, 5) is 0. The summed E-state index contributed by atoms with van der Waals surface area (Å²) < 4.78 is 0. The van der Waals surface area contributed by atoms with E-state index in [1.165, 1.54) is 5.04 Å². The van der Waals surface area contributed by atoms with Crippen molar-refractivity contribution >= 4 is 22.5 Å². The predicted molar refractivity (Wildman–Crippen MR) is 102 cm³/mol. The first-order valence-corrected chi connectivity index (χ1v) is 9.11. The second-order valence-electron chi connectivity index (χ2n) is 5.74. The molecule has 2 heterocycles. The Balaban J connectivity index is 1.67. The van der Waals surface area contributed by atoms with Gasteiger partial charge >= 0.3 is 0 Å². The Bertz CT molecular complexity index is 888. The van der Waals surface area contributed by atoms with Crippen LogP contribution in [0.5, 0.6) is 0 Å². The summed E-state index contributed by atoms with van der Waals surface area (Å²) in [6.45, 7) is 4.32. The summed E-state index contributed by atoms with van der Waals surface area (Å²) in [6.07, 6.45) is 0.974. The molecule has 3 aromatic rings. The molecule has 6 nitrogen and oxygen atoms in total. The highest BCUT2D eigenvalue weighted by molar-refractivity contribution is 8.14. The van der Waals surface area contributed by atoms with Gasteiger partial charge in [-0.3, -0.25) is 5.01 Å². The number of anilines is 1. The lowest BCUT2D eigenvalue weighted by molar-refractivity contribution is 0.861. The van der Waals surface area contributed by atoms with Crippen LogP contribution in [-0.4, -0.2) is 31.0 Å². The molecule has 0 aliphatic carbocycles. The summed E-state index contributed by atoms with van der Waals surface area (Å²) in [6, 6.07) is 16.5. The molecule has 1 aliphatic heterocycles. The van der Waals surface area contributed by atoms with E-state index in [-0.39, 0.29) is 0 Å². The SMILES string of the molecule is CCC1=NN(c2ccc(-c3ccccc3-c3nn[nH]n3)cc2)C(C)S1. The van der Waals surface area contributed by atoms with E-state index in [0.29, 0.717) is 11.2 Å². The molecule has 126 valence electrons. The number of benzene rings is 2. The number of aromatic amines is 1. The van der Waals surface area contributed by atoms with Crippen LogP contribution < -0.4 is 5.01 Å². The van der Waals surface area contributed by atoms with Gasteiger partial charge in [0.1, 0.15) is 5.37 Å². The minimum Gasteiger partial charge on any atom is -0.252 e. The van der Waals surface area contributed by atoms with Gasteiger partial charge in [-0.25, -0.2) is 0 Å². The van der Waals surface area contributed by atoms with Crippen molar-refractivity contribution in [3.05, 3.63) is 48.5 Å². The van der Waals surface area contributed by atoms with E-state index in [1.54, 1.807) is 0 Å². The normalized spacial score (nSPS) is 17.0. The smallest absolute Gasteiger partial charge is 0.205 e. The van der Waals surface area contributed by atoms with Crippen molar-refractivity contribution in [1.82, 2.24) is 20.6 Å². The minimum absolute atomic E-state index is 0.326. The van der Waals surface area contributed by atoms with E-state index in [1.807, 2.05) is 30.0 Å². The number of hydrogen-bond donors (Lipinski definition) is 1. The van der Waals surface area contributed by atoms with Crippen molar-refractivity contribution in [2.75, 3.05) is 5.01 Å². The number of H-pyrrole nitrogens is 1. The van der Waals surface area contributed by atoms with Crippen LogP contribution in [0.4, 0.5) is 5.69 Å². The first kappa shape index (κ1) is 15.8. The topological polar surface area (TPSA) is 70.1 Å². The summed E-state index contributed by atoms with van der Waals surface area (Å²) in [5, 5.41) is 22.7. The zero-order valence-corrected chi connectivity index (χ0v) is 14.9. The third kappa shape index (κ3) is 3.02. The number of hydrazone groups is 1. The lowest BCUT2D eigenvalue weighted by atomic mass is 9.99. The molecule has 0 saturated heterocycles. The maximum Gasteiger partial charge on any atom is 0.205 e. The van der Waals surface area contributed by atoms with Crippen LogP contribution >= 0.6 is 11.8 Å². The molecule has 1 N–H and O–H groups in total. The largest absolute Gasteiger partial charge is 0.252 e. The van der Waals surface area contributed by atoms with Crippen molar-refractivity contribution in [2.45, 2.75) is 25.6 Å². The average molecular weight is 350 g/mol. The molecule has 7 heteroatoms. The molecular formula is C18H18N6S. The minimum atomic E-state index is 0.326. The van der Waals surface area contributed by atoms with Crippen LogP contribution in [0.3, 0.4) is 0 Å². The third-order valence-corrected chi connectivity index (χ3v) is 5.31. The number of rotatable bonds is 4. The molecule has 1 aromatic heterocycles. The number of nitrogens with zero attached hydrogens (tertiary/aromatic N) is 5. The molecule has 0 bridgehead atoms. The molecule has 4 rings (SSSR count). The summed E-state index contributed by atoms with van der Waals surface area (Å²) in [5.74, 6) is 0.599. The highest BCUT2D eigenvalue weighted by Crippen LogP contribution is 2.34. The summed E-state index contributed by atoms with van der Waals surface area (Å²) in [5.41, 5.74) is 4.25. The fraction of sp³-hybridized carbons (Fsp3) is 0.222. The van der Waals surface area contributed by atoms with E-state index in [9.17, 15) is 0 Å². The van der Waals surface area contributed by atoms with Gasteiger partial charge in [-0.05, 0) is 41.8 Å². The van der Waals surface area contributed by atoms with Gasteiger partial charge in [-0.1, -0.05) is 55.1 Å². The van der Waals surface area contributed by atoms with Gasteiger partial charge in [0.05, 0.1) is 10.7 Å². The monoisotopic (exact) mass is 350 g/mol. The Morgan fingerprint density at radius 1 is 1.08 bits per heavy atom. The molecule has 0 saturated carbocycles. The van der Waals surface area contributed by atoms with E-state index in [2.05, 4.69) is 69.8 Å². The lowest BCUT2D eigenvalue weighted by Crippen LogP contribution is -2.20. The Kier molecular flexibility index (Phi) is 4.23. The fourth-order valence-corrected chi connectivity index (χ4v) is 3.86. The quantitative estimate of drug-likeness (QED) is 0.765. The second-order valence-corrected chi connectivity index (χ2v) is 7.13. The van der Waals surface area contributed by atoms with Gasteiger partial charge in [-0.2, -0.15) is 10.3 Å². The Labute approximate surface area is 150 Å². The molecular weight excluding hydrogens is 332 g/mol. The van der Waals surface area contributed by atoms with Crippen molar-refractivity contribution in [3.8, 4) is 22.5 Å². The van der Waals surface area contributed by atoms with Crippen molar-refractivity contribution in [1.29, 1.82) is 0 Å². The molecule has 1 atom stereocenters. The van der Waals surface area contributed by atoms with Crippen LogP contribution in [0.25, 0.3) is 22.5 Å². The van der Waals surface area contributed by atoms with Gasteiger partial charge in [0, 0.05) is 5.56 Å². The number of hydrogen-bond acceptors (Lipinski definition) is 6. The number of nitrogens with one attached hydrogen (secondary N) is 1. The molecule has 1 aliphatic rings. The Morgan fingerprint density at radius 3 is 2.48 bits per heavy atom. The first-order valence-electron chi connectivity index (χ1n) is 8.23. The molecule has 1 unspecified atom stereocenters. The van der Waals surface area contributed by atoms with Gasteiger partial charge in [-0.15, -0.1) is 10.2 Å². The maximum absolute atomic E-state index is 4.70. The molecule has 0 spiro atoms. The van der Waals surface area contributed by atoms with E-state index < -0.39 is 0 Å². The van der Waals surface area contributed by atoms with Crippen LogP contribution in [0.2, 0.25) is 0 Å². The second kappa shape index (κ2) is 6.68. The zero-order valence-electron chi connectivity index (χ0n) is 14.0. The Hall–Kier alpha value is -2.67. The zero-order chi connectivity index (χ0) is 17.2. The van der Waals surface area contributed by atoms with E-state index in [0.717, 1.165) is 28.8 Å². The van der Waals surface area contributed by atoms with Gasteiger partial charge in [0.2, 0.25) is 5.82 Å². The molecule has 0 fully saturated rings. The fourth-order valence-electron chi connectivity index (χ4n) is 2.89. The predicted octanol–water partition coefficient (Wildman–Crippen LogP) is 4.16. The van der Waals surface area contributed by atoms with E-state index in [4.69, 9.17) is 5.10 Å². The first-order chi connectivity index (χ1) is 12.3. The van der Waals surface area contributed by atoms with Crippen molar-refractivity contribution in [3.63, 3.8) is 0 Å². The summed E-state index contributed by atoms with van der Waals surface area (Å²) >= 11 is 1.82. The number of thioether (sulfide) groups is 1. The Morgan fingerprint density at radius 2 is 1.84 bits per heavy atom. The lowest BCUT2D eigenvalue weighted by Gasteiger charge is -2.19. The van der Waals surface area contributed by atoms with Crippen molar-refractivity contribution in [2.24, 2.45) is 5.10 Å². The van der Waals surface area contributed by atoms with Gasteiger partial charge in [0.15, 0.2) is 0 Å². The number of aromatic nitrogens is 4. The highest BCUT2D eigenvalue weighted by atomic mass is 32.2. The highest BCUT2D eigenvalue weighted by Gasteiger charge is 2.23. The van der Waals surface area contributed by atoms with Crippen LogP contribution in [0, 0.1) is 0 Å². The third-order valence-electron chi connectivity index (χ3n) is 4.13. The van der Waals surface area contributed by atoms with Crippen LogP contribution in [-0.2, 0) is 0 Å². The summed E-state index contributed by atoms with van der Waals surface area (Å²) in [7, 11) is 0. The molecule has 0 radical (unpaired) electrons. The standard InChI is InChI=1S/C18H18N6S/c1-3-17-21-24(12(2)25-17)14-10-8-13(9-11-14)15-6-4-5-7-16(15)18-19-22-23-20-18/h4-12H,3H2,1-2H3,(H,19,20,22,23). The average Bonchev–Trinajstić information content (AvgIpc) is 3.31. The van der Waals surface area contributed by atoms with Gasteiger partial charge < -0.3 is 0 Å². The van der Waals surface area contributed by atoms with Crippen LogP contribution in [0.15, 0.2) is 53.6 Å². The number of tetrazole rings is 1. The van der Waals surface area contributed by atoms with Crippen LogP contribution in [0.1, 0.15) is 20.3 Å².